The molecular weight excluding hydrogens is 220 g/mol. The lowest BCUT2D eigenvalue weighted by Crippen LogP contribution is -2.21. The molecule has 1 fully saturated rings. The van der Waals surface area contributed by atoms with E-state index in [9.17, 15) is 5.11 Å². The molecular formula is C14H19ClO. The molecule has 0 spiro atoms. The van der Waals surface area contributed by atoms with E-state index in [1.807, 2.05) is 25.1 Å². The van der Waals surface area contributed by atoms with Crippen molar-refractivity contribution in [3.05, 3.63) is 34.3 Å². The quantitative estimate of drug-likeness (QED) is 0.824. The Morgan fingerprint density at radius 2 is 2.25 bits per heavy atom. The number of halogens is 1. The molecule has 0 radical (unpaired) electrons. The summed E-state index contributed by atoms with van der Waals surface area (Å²) in [5.41, 5.74) is 1.41. The fraction of sp³-hybridized carbons (Fsp3) is 0.571. The SMILES string of the molecule is CCC1CCC(O)(c2ccc(C)c(Cl)c2)C1. The van der Waals surface area contributed by atoms with Crippen LogP contribution in [-0.4, -0.2) is 5.11 Å². The Morgan fingerprint density at radius 1 is 1.50 bits per heavy atom. The van der Waals surface area contributed by atoms with E-state index in [4.69, 9.17) is 11.6 Å². The smallest absolute Gasteiger partial charge is 0.0899 e. The summed E-state index contributed by atoms with van der Waals surface area (Å²) in [4.78, 5) is 0. The molecule has 2 atom stereocenters. The molecule has 16 heavy (non-hydrogen) atoms. The second-order valence-corrected chi connectivity index (χ2v) is 5.42. The van der Waals surface area contributed by atoms with Crippen molar-refractivity contribution in [2.24, 2.45) is 5.92 Å². The van der Waals surface area contributed by atoms with E-state index in [2.05, 4.69) is 6.92 Å². The van der Waals surface area contributed by atoms with Gasteiger partial charge in [-0.3, -0.25) is 0 Å². The second-order valence-electron chi connectivity index (χ2n) is 5.01. The Morgan fingerprint density at radius 3 is 2.81 bits per heavy atom. The number of hydrogen-bond acceptors (Lipinski definition) is 1. The molecule has 2 heteroatoms. The average Bonchev–Trinajstić information content (AvgIpc) is 2.66. The molecule has 0 bridgehead atoms. The first-order valence-electron chi connectivity index (χ1n) is 6.04. The van der Waals surface area contributed by atoms with Gasteiger partial charge in [0.25, 0.3) is 0 Å². The zero-order valence-corrected chi connectivity index (χ0v) is 10.7. The molecule has 88 valence electrons. The predicted octanol–water partition coefficient (Wildman–Crippen LogP) is 4.05. The number of aryl methyl sites for hydroxylation is 1. The van der Waals surface area contributed by atoms with Gasteiger partial charge in [-0.25, -0.2) is 0 Å². The summed E-state index contributed by atoms with van der Waals surface area (Å²) in [5, 5.41) is 11.4. The lowest BCUT2D eigenvalue weighted by Gasteiger charge is -2.24. The highest BCUT2D eigenvalue weighted by Gasteiger charge is 2.37. The molecule has 2 rings (SSSR count). The van der Waals surface area contributed by atoms with Crippen LogP contribution in [-0.2, 0) is 5.60 Å². The molecule has 1 aromatic rings. The van der Waals surface area contributed by atoms with Gasteiger partial charge >= 0.3 is 0 Å². The van der Waals surface area contributed by atoms with Crippen molar-refractivity contribution in [2.75, 3.05) is 0 Å². The van der Waals surface area contributed by atoms with Crippen molar-refractivity contribution < 1.29 is 5.11 Å². The lowest BCUT2D eigenvalue weighted by atomic mass is 9.90. The Labute approximate surface area is 102 Å². The van der Waals surface area contributed by atoms with Gasteiger partial charge < -0.3 is 5.11 Å². The number of aliphatic hydroxyl groups is 1. The van der Waals surface area contributed by atoms with E-state index in [0.29, 0.717) is 5.92 Å². The summed E-state index contributed by atoms with van der Waals surface area (Å²) < 4.78 is 0. The first-order valence-corrected chi connectivity index (χ1v) is 6.42. The van der Waals surface area contributed by atoms with Crippen LogP contribution < -0.4 is 0 Å². The van der Waals surface area contributed by atoms with Gasteiger partial charge in [0.2, 0.25) is 0 Å². The van der Waals surface area contributed by atoms with Crippen LogP contribution in [0.4, 0.5) is 0 Å². The first-order chi connectivity index (χ1) is 7.55. The summed E-state index contributed by atoms with van der Waals surface area (Å²) >= 11 is 6.11. The van der Waals surface area contributed by atoms with Crippen LogP contribution in [0.2, 0.25) is 5.02 Å². The summed E-state index contributed by atoms with van der Waals surface area (Å²) in [7, 11) is 0. The minimum atomic E-state index is -0.641. The van der Waals surface area contributed by atoms with Crippen molar-refractivity contribution in [3.63, 3.8) is 0 Å². The van der Waals surface area contributed by atoms with Crippen LogP contribution in [0.5, 0.6) is 0 Å². The summed E-state index contributed by atoms with van der Waals surface area (Å²) in [5.74, 6) is 0.657. The molecule has 1 aromatic carbocycles. The minimum absolute atomic E-state index is 0.641. The fourth-order valence-corrected chi connectivity index (χ4v) is 2.80. The third kappa shape index (κ3) is 2.11. The number of rotatable bonds is 2. The molecule has 2 unspecified atom stereocenters. The Balaban J connectivity index is 2.27. The molecule has 0 aromatic heterocycles. The van der Waals surface area contributed by atoms with Crippen LogP contribution in [0.25, 0.3) is 0 Å². The van der Waals surface area contributed by atoms with Crippen molar-refractivity contribution in [3.8, 4) is 0 Å². The second kappa shape index (κ2) is 4.38. The van der Waals surface area contributed by atoms with E-state index >= 15 is 0 Å². The normalized spacial score (nSPS) is 29.6. The number of benzene rings is 1. The first kappa shape index (κ1) is 11.9. The van der Waals surface area contributed by atoms with Gasteiger partial charge in [0.1, 0.15) is 0 Å². The lowest BCUT2D eigenvalue weighted by molar-refractivity contribution is 0.0398. The van der Waals surface area contributed by atoms with Crippen LogP contribution in [0.1, 0.15) is 43.7 Å². The van der Waals surface area contributed by atoms with E-state index < -0.39 is 5.60 Å². The van der Waals surface area contributed by atoms with Crippen LogP contribution in [0, 0.1) is 12.8 Å². The van der Waals surface area contributed by atoms with E-state index in [0.717, 1.165) is 41.8 Å². The minimum Gasteiger partial charge on any atom is -0.385 e. The average molecular weight is 239 g/mol. The third-order valence-corrected chi connectivity index (χ3v) is 4.29. The van der Waals surface area contributed by atoms with Gasteiger partial charge in [-0.1, -0.05) is 37.1 Å². The topological polar surface area (TPSA) is 20.2 Å². The van der Waals surface area contributed by atoms with Gasteiger partial charge in [-0.15, -0.1) is 0 Å². The maximum atomic E-state index is 10.6. The van der Waals surface area contributed by atoms with E-state index in [-0.39, 0.29) is 0 Å². The molecule has 0 saturated heterocycles. The molecule has 0 amide bonds. The maximum absolute atomic E-state index is 10.6. The van der Waals surface area contributed by atoms with Crippen LogP contribution in [0.15, 0.2) is 18.2 Å². The molecule has 1 nitrogen and oxygen atoms in total. The maximum Gasteiger partial charge on any atom is 0.0899 e. The third-order valence-electron chi connectivity index (χ3n) is 3.88. The van der Waals surface area contributed by atoms with Gasteiger partial charge in [0.05, 0.1) is 5.60 Å². The molecule has 1 aliphatic rings. The zero-order valence-electron chi connectivity index (χ0n) is 9.96. The number of hydrogen-bond donors (Lipinski definition) is 1. The van der Waals surface area contributed by atoms with Crippen molar-refractivity contribution >= 4 is 11.6 Å². The summed E-state index contributed by atoms with van der Waals surface area (Å²) in [6, 6.07) is 5.93. The Kier molecular flexibility index (Phi) is 3.27. The van der Waals surface area contributed by atoms with Crippen LogP contribution in [0.3, 0.4) is 0 Å². The highest BCUT2D eigenvalue weighted by molar-refractivity contribution is 6.31. The van der Waals surface area contributed by atoms with Crippen molar-refractivity contribution in [1.82, 2.24) is 0 Å². The molecule has 1 N–H and O–H groups in total. The fourth-order valence-electron chi connectivity index (χ4n) is 2.62. The van der Waals surface area contributed by atoms with Gasteiger partial charge in [0, 0.05) is 5.02 Å². The standard InChI is InChI=1S/C14H19ClO/c1-3-11-6-7-14(16,9-11)12-5-4-10(2)13(15)8-12/h4-5,8,11,16H,3,6-7,9H2,1-2H3. The van der Waals surface area contributed by atoms with Gasteiger partial charge in [0.15, 0.2) is 0 Å². The highest BCUT2D eigenvalue weighted by atomic mass is 35.5. The Bertz CT molecular complexity index is 388. The van der Waals surface area contributed by atoms with E-state index in [1.165, 1.54) is 0 Å². The van der Waals surface area contributed by atoms with E-state index in [1.54, 1.807) is 0 Å². The highest BCUT2D eigenvalue weighted by Crippen LogP contribution is 2.43. The monoisotopic (exact) mass is 238 g/mol. The summed E-state index contributed by atoms with van der Waals surface area (Å²) in [6.07, 6.45) is 4.02. The predicted molar refractivity (Wildman–Crippen MR) is 67.7 cm³/mol. The van der Waals surface area contributed by atoms with Crippen LogP contribution >= 0.6 is 11.6 Å². The zero-order chi connectivity index (χ0) is 11.8. The summed E-state index contributed by atoms with van der Waals surface area (Å²) in [6.45, 7) is 4.18. The molecule has 0 aliphatic heterocycles. The largest absolute Gasteiger partial charge is 0.385 e. The van der Waals surface area contributed by atoms with Crippen molar-refractivity contribution in [2.45, 2.75) is 45.1 Å². The Hall–Kier alpha value is -0.530. The molecule has 1 aliphatic carbocycles. The molecule has 1 saturated carbocycles. The van der Waals surface area contributed by atoms with Crippen molar-refractivity contribution in [1.29, 1.82) is 0 Å². The van der Waals surface area contributed by atoms with Gasteiger partial charge in [-0.05, 0) is 49.3 Å². The molecule has 0 heterocycles. The van der Waals surface area contributed by atoms with Gasteiger partial charge in [-0.2, -0.15) is 0 Å².